The first kappa shape index (κ1) is 21.9. The topological polar surface area (TPSA) is 73.7 Å². The second-order valence-corrected chi connectivity index (χ2v) is 7.99. The molecule has 1 aliphatic rings. The quantitative estimate of drug-likeness (QED) is 0.486. The number of carbonyl (C=O) groups is 1. The Labute approximate surface area is 187 Å². The van der Waals surface area contributed by atoms with Crippen molar-refractivity contribution in [2.45, 2.75) is 52.6 Å². The predicted molar refractivity (Wildman–Crippen MR) is 123 cm³/mol. The highest BCUT2D eigenvalue weighted by Crippen LogP contribution is 2.33. The summed E-state index contributed by atoms with van der Waals surface area (Å²) in [6, 6.07) is 12.2. The Kier molecular flexibility index (Phi) is 6.44. The van der Waals surface area contributed by atoms with Crippen LogP contribution in [0.25, 0.3) is 10.9 Å². The minimum Gasteiger partial charge on any atom is -0.454 e. The average molecular weight is 436 g/mol. The van der Waals surface area contributed by atoms with Crippen molar-refractivity contribution in [3.05, 3.63) is 64.2 Å². The van der Waals surface area contributed by atoms with Gasteiger partial charge in [0.1, 0.15) is 5.82 Å². The first-order chi connectivity index (χ1) is 15.5. The lowest BCUT2D eigenvalue weighted by Crippen LogP contribution is -2.38. The number of carbonyl (C=O) groups excluding carboxylic acids is 1. The van der Waals surface area contributed by atoms with Gasteiger partial charge in [0.05, 0.1) is 16.9 Å². The van der Waals surface area contributed by atoms with Gasteiger partial charge in [0.2, 0.25) is 6.79 Å². The largest absolute Gasteiger partial charge is 0.454 e. The van der Waals surface area contributed by atoms with Gasteiger partial charge < -0.3 is 14.4 Å². The minimum absolute atomic E-state index is 0.0796. The predicted octanol–water partition coefficient (Wildman–Crippen LogP) is 4.54. The number of unbranched alkanes of at least 4 members (excludes halogenated alkanes) is 2. The van der Waals surface area contributed by atoms with E-state index in [1.54, 1.807) is 28.8 Å². The number of rotatable bonds is 8. The summed E-state index contributed by atoms with van der Waals surface area (Å²) < 4.78 is 12.5. The molecule has 4 rings (SSSR count). The highest BCUT2D eigenvalue weighted by Gasteiger charge is 2.27. The third-order valence-electron chi connectivity index (χ3n) is 5.93. The molecule has 0 bridgehead atoms. The second-order valence-electron chi connectivity index (χ2n) is 7.99. The van der Waals surface area contributed by atoms with E-state index in [2.05, 4.69) is 6.92 Å². The molecule has 1 amide bonds. The van der Waals surface area contributed by atoms with Gasteiger partial charge in [-0.25, -0.2) is 4.98 Å². The molecular weight excluding hydrogens is 406 g/mol. The lowest BCUT2D eigenvalue weighted by atomic mass is 10.1. The molecule has 0 fully saturated rings. The van der Waals surface area contributed by atoms with Crippen LogP contribution in [0.3, 0.4) is 0 Å². The van der Waals surface area contributed by atoms with E-state index in [-0.39, 0.29) is 24.3 Å². The molecule has 168 valence electrons. The van der Waals surface area contributed by atoms with Gasteiger partial charge in [-0.15, -0.1) is 0 Å². The van der Waals surface area contributed by atoms with E-state index in [0.717, 1.165) is 19.3 Å². The van der Waals surface area contributed by atoms with Gasteiger partial charge in [0, 0.05) is 18.7 Å². The second kappa shape index (κ2) is 9.42. The van der Waals surface area contributed by atoms with Gasteiger partial charge in [-0.2, -0.15) is 0 Å². The Bertz CT molecular complexity index is 1190. The third-order valence-corrected chi connectivity index (χ3v) is 5.93. The number of amides is 1. The first-order valence-electron chi connectivity index (χ1n) is 11.2. The molecule has 0 radical (unpaired) electrons. The van der Waals surface area contributed by atoms with E-state index in [1.807, 2.05) is 36.9 Å². The van der Waals surface area contributed by atoms with Gasteiger partial charge in [0.15, 0.2) is 11.5 Å². The number of hydrogen-bond donors (Lipinski definition) is 0. The molecule has 0 aliphatic carbocycles. The standard InChI is InChI=1S/C25H29N3O4/c1-4-6-9-14-28(24(29)18-12-13-21-22(15-18)32-16-31-21)17(3)23-26-20-11-8-7-10-19(20)25(30)27(23)5-2/h7-8,10-13,15,17H,4-6,9,14,16H2,1-3H3. The summed E-state index contributed by atoms with van der Waals surface area (Å²) in [5.41, 5.74) is 1.10. The monoisotopic (exact) mass is 435 g/mol. The van der Waals surface area contributed by atoms with Crippen molar-refractivity contribution in [3.8, 4) is 11.5 Å². The van der Waals surface area contributed by atoms with E-state index in [0.29, 0.717) is 46.9 Å². The normalized spacial score (nSPS) is 13.3. The molecule has 2 aromatic carbocycles. The Hall–Kier alpha value is -3.35. The van der Waals surface area contributed by atoms with Crippen molar-refractivity contribution >= 4 is 16.8 Å². The molecule has 0 saturated heterocycles. The maximum absolute atomic E-state index is 13.6. The molecular formula is C25H29N3O4. The van der Waals surface area contributed by atoms with Crippen LogP contribution in [0, 0.1) is 0 Å². The summed E-state index contributed by atoms with van der Waals surface area (Å²) in [7, 11) is 0. The zero-order valence-electron chi connectivity index (χ0n) is 18.8. The van der Waals surface area contributed by atoms with E-state index < -0.39 is 0 Å². The molecule has 2 heterocycles. The molecule has 1 aromatic heterocycles. The summed E-state index contributed by atoms with van der Waals surface area (Å²) in [6.07, 6.45) is 2.94. The van der Waals surface area contributed by atoms with Crippen molar-refractivity contribution in [2.24, 2.45) is 0 Å². The van der Waals surface area contributed by atoms with Gasteiger partial charge in [-0.3, -0.25) is 14.2 Å². The Morgan fingerprint density at radius 3 is 2.69 bits per heavy atom. The highest BCUT2D eigenvalue weighted by molar-refractivity contribution is 5.95. The number of benzene rings is 2. The van der Waals surface area contributed by atoms with Crippen LogP contribution in [0.4, 0.5) is 0 Å². The number of ether oxygens (including phenoxy) is 2. The fraction of sp³-hybridized carbons (Fsp3) is 0.400. The zero-order chi connectivity index (χ0) is 22.7. The first-order valence-corrected chi connectivity index (χ1v) is 11.2. The molecule has 7 heteroatoms. The lowest BCUT2D eigenvalue weighted by molar-refractivity contribution is 0.0674. The van der Waals surface area contributed by atoms with Gasteiger partial charge in [0.25, 0.3) is 11.5 Å². The summed E-state index contributed by atoms with van der Waals surface area (Å²) >= 11 is 0. The smallest absolute Gasteiger partial charge is 0.261 e. The van der Waals surface area contributed by atoms with Crippen molar-refractivity contribution in [2.75, 3.05) is 13.3 Å². The molecule has 7 nitrogen and oxygen atoms in total. The summed E-state index contributed by atoms with van der Waals surface area (Å²) in [6.45, 7) is 7.22. The third kappa shape index (κ3) is 4.07. The summed E-state index contributed by atoms with van der Waals surface area (Å²) in [5.74, 6) is 1.70. The van der Waals surface area contributed by atoms with E-state index in [4.69, 9.17) is 14.5 Å². The molecule has 3 aromatic rings. The van der Waals surface area contributed by atoms with Crippen LogP contribution in [0.15, 0.2) is 47.3 Å². The number of aromatic nitrogens is 2. The van der Waals surface area contributed by atoms with E-state index >= 15 is 0 Å². The van der Waals surface area contributed by atoms with E-state index in [1.165, 1.54) is 0 Å². The van der Waals surface area contributed by atoms with Crippen molar-refractivity contribution in [1.82, 2.24) is 14.5 Å². The zero-order valence-corrected chi connectivity index (χ0v) is 18.8. The maximum Gasteiger partial charge on any atom is 0.261 e. The van der Waals surface area contributed by atoms with Crippen molar-refractivity contribution < 1.29 is 14.3 Å². The molecule has 0 N–H and O–H groups in total. The Morgan fingerprint density at radius 2 is 1.91 bits per heavy atom. The Morgan fingerprint density at radius 1 is 1.12 bits per heavy atom. The molecule has 32 heavy (non-hydrogen) atoms. The van der Waals surface area contributed by atoms with Crippen molar-refractivity contribution in [1.29, 1.82) is 0 Å². The molecule has 1 atom stereocenters. The van der Waals surface area contributed by atoms with Crippen LogP contribution in [0.1, 0.15) is 62.3 Å². The number of para-hydroxylation sites is 1. The van der Waals surface area contributed by atoms with Gasteiger partial charge >= 0.3 is 0 Å². The molecule has 1 aliphatic heterocycles. The minimum atomic E-state index is -0.373. The van der Waals surface area contributed by atoms with Gasteiger partial charge in [-0.05, 0) is 50.6 Å². The molecule has 1 unspecified atom stereocenters. The van der Waals surface area contributed by atoms with Gasteiger partial charge in [-0.1, -0.05) is 31.9 Å². The molecule has 0 saturated carbocycles. The summed E-state index contributed by atoms with van der Waals surface area (Å²) in [4.78, 5) is 33.4. The van der Waals surface area contributed by atoms with Crippen LogP contribution in [-0.2, 0) is 6.54 Å². The lowest BCUT2D eigenvalue weighted by Gasteiger charge is -2.30. The average Bonchev–Trinajstić information content (AvgIpc) is 3.29. The number of hydrogen-bond acceptors (Lipinski definition) is 5. The molecule has 0 spiro atoms. The van der Waals surface area contributed by atoms with Crippen LogP contribution < -0.4 is 15.0 Å². The fourth-order valence-electron chi connectivity index (χ4n) is 4.15. The number of nitrogens with zero attached hydrogens (tertiary/aromatic N) is 3. The van der Waals surface area contributed by atoms with Crippen molar-refractivity contribution in [3.63, 3.8) is 0 Å². The fourth-order valence-corrected chi connectivity index (χ4v) is 4.15. The SMILES string of the molecule is CCCCCN(C(=O)c1ccc2c(c1)OCO2)C(C)c1nc2ccccc2c(=O)n1CC. The van der Waals surface area contributed by atoms with Crippen LogP contribution in [0.5, 0.6) is 11.5 Å². The van der Waals surface area contributed by atoms with Crippen LogP contribution >= 0.6 is 0 Å². The van der Waals surface area contributed by atoms with Crippen LogP contribution in [-0.4, -0.2) is 33.7 Å². The van der Waals surface area contributed by atoms with E-state index in [9.17, 15) is 9.59 Å². The maximum atomic E-state index is 13.6. The highest BCUT2D eigenvalue weighted by atomic mass is 16.7. The van der Waals surface area contributed by atoms with Crippen LogP contribution in [0.2, 0.25) is 0 Å². The number of fused-ring (bicyclic) bond motifs is 2. The summed E-state index contributed by atoms with van der Waals surface area (Å²) in [5, 5.41) is 0.588. The Balaban J connectivity index is 1.74.